The summed E-state index contributed by atoms with van der Waals surface area (Å²) in [4.78, 5) is 29.8. The lowest BCUT2D eigenvalue weighted by Crippen LogP contribution is -2.60. The molecule has 1 aliphatic rings. The van der Waals surface area contributed by atoms with Crippen molar-refractivity contribution in [2.75, 3.05) is 19.3 Å². The first-order valence-electron chi connectivity index (χ1n) is 9.41. The molecule has 0 bridgehead atoms. The maximum Gasteiger partial charge on any atom is 0.315 e. The zero-order valence-electron chi connectivity index (χ0n) is 17.1. The smallest absolute Gasteiger partial charge is 0.315 e. The third kappa shape index (κ3) is 3.80. The predicted molar refractivity (Wildman–Crippen MR) is 114 cm³/mol. The fourth-order valence-corrected chi connectivity index (χ4v) is 4.15. The van der Waals surface area contributed by atoms with Crippen LogP contribution in [0.15, 0.2) is 36.5 Å². The number of benzene rings is 1. The number of carbonyl (C=O) groups is 2. The van der Waals surface area contributed by atoms with E-state index in [1.54, 1.807) is 26.1 Å². The van der Waals surface area contributed by atoms with Gasteiger partial charge in [-0.1, -0.05) is 0 Å². The van der Waals surface area contributed by atoms with E-state index in [1.165, 1.54) is 4.90 Å². The zero-order valence-corrected chi connectivity index (χ0v) is 17.9. The Labute approximate surface area is 177 Å². The number of carbonyl (C=O) groups excluding carboxylic acids is 2. The summed E-state index contributed by atoms with van der Waals surface area (Å²) in [5, 5.41) is 11.8. The molecule has 0 saturated carbocycles. The molecule has 29 heavy (non-hydrogen) atoms. The minimum absolute atomic E-state index is 0. The highest BCUT2D eigenvalue weighted by Gasteiger charge is 2.47. The standard InChI is InChI=1S/C21H26N4O3.ClH/c1-5-24(21(27)28)18-10-13(2)25(4,14(3)26)19-8-6-15(11-17(18)19)16-7-9-20(22)23-12-16;/h6-9,11-13,18H,5,10H2,1-4H3,(H2-,22,23,27,28);1H/t13-,18?,25+;/m0./s1. The van der Waals surface area contributed by atoms with Gasteiger partial charge in [-0.25, -0.2) is 14.3 Å². The van der Waals surface area contributed by atoms with E-state index in [9.17, 15) is 14.7 Å². The number of nitrogens with two attached hydrogens (primary N) is 1. The lowest BCUT2D eigenvalue weighted by molar-refractivity contribution is -0.268. The molecule has 1 aliphatic heterocycles. The van der Waals surface area contributed by atoms with Crippen molar-refractivity contribution in [3.8, 4) is 11.1 Å². The number of pyridine rings is 1. The number of quaternary nitrogens is 1. The number of halogens is 1. The molecule has 1 aromatic heterocycles. The number of amides is 2. The average Bonchev–Trinajstić information content (AvgIpc) is 2.66. The Balaban J connectivity index is 0.00000300. The van der Waals surface area contributed by atoms with Crippen LogP contribution in [0.5, 0.6) is 0 Å². The van der Waals surface area contributed by atoms with Crippen molar-refractivity contribution in [1.29, 1.82) is 0 Å². The normalized spacial score (nSPS) is 22.9. The van der Waals surface area contributed by atoms with Crippen molar-refractivity contribution in [3.05, 3.63) is 42.1 Å². The molecule has 1 aromatic carbocycles. The zero-order chi connectivity index (χ0) is 20.6. The van der Waals surface area contributed by atoms with Gasteiger partial charge in [-0.15, -0.1) is 12.4 Å². The molecular weight excluding hydrogens is 392 g/mol. The molecule has 156 valence electrons. The van der Waals surface area contributed by atoms with E-state index in [0.717, 1.165) is 22.4 Å². The maximum atomic E-state index is 12.6. The van der Waals surface area contributed by atoms with Crippen LogP contribution in [0.4, 0.5) is 16.3 Å². The Kier molecular flexibility index (Phi) is 6.55. The highest BCUT2D eigenvalue weighted by atomic mass is 35.5. The fourth-order valence-electron chi connectivity index (χ4n) is 4.15. The van der Waals surface area contributed by atoms with Crippen molar-refractivity contribution in [2.45, 2.75) is 39.3 Å². The molecule has 1 unspecified atom stereocenters. The number of rotatable bonds is 3. The Bertz CT molecular complexity index is 919. The van der Waals surface area contributed by atoms with Gasteiger partial charge >= 0.3 is 5.91 Å². The average molecular weight is 419 g/mol. The van der Waals surface area contributed by atoms with E-state index in [4.69, 9.17) is 5.73 Å². The van der Waals surface area contributed by atoms with Crippen LogP contribution in [-0.4, -0.2) is 41.5 Å². The molecule has 8 heteroatoms. The van der Waals surface area contributed by atoms with Gasteiger partial charge in [0.05, 0.1) is 26.1 Å². The Morgan fingerprint density at radius 2 is 1.93 bits per heavy atom. The van der Waals surface area contributed by atoms with Crippen molar-refractivity contribution in [1.82, 2.24) is 14.4 Å². The third-order valence-electron chi connectivity index (χ3n) is 6.06. The summed E-state index contributed by atoms with van der Waals surface area (Å²) < 4.78 is 0.136. The van der Waals surface area contributed by atoms with Gasteiger partial charge in [-0.3, -0.25) is 0 Å². The quantitative estimate of drug-likeness (QED) is 0.772. The SMILES string of the molecule is CCN(C(=O)[O-])C1C[C@H](C)[N@+](C)(C(C)=O)c2ccc(-c3ccc(N)nc3)cc21.Cl. The third-order valence-corrected chi connectivity index (χ3v) is 6.06. The molecule has 0 aliphatic carbocycles. The summed E-state index contributed by atoms with van der Waals surface area (Å²) in [6, 6.07) is 9.00. The van der Waals surface area contributed by atoms with Crippen molar-refractivity contribution < 1.29 is 14.7 Å². The van der Waals surface area contributed by atoms with Crippen LogP contribution in [0.1, 0.15) is 38.8 Å². The van der Waals surface area contributed by atoms with Crippen LogP contribution in [-0.2, 0) is 4.79 Å². The molecule has 0 fully saturated rings. The fraction of sp³-hybridized carbons (Fsp3) is 0.381. The second-order valence-corrected chi connectivity index (χ2v) is 7.49. The van der Waals surface area contributed by atoms with Gasteiger partial charge < -0.3 is 20.5 Å². The lowest BCUT2D eigenvalue weighted by atomic mass is 9.86. The van der Waals surface area contributed by atoms with Crippen LogP contribution in [0.25, 0.3) is 11.1 Å². The summed E-state index contributed by atoms with van der Waals surface area (Å²) in [7, 11) is 1.89. The molecule has 7 nitrogen and oxygen atoms in total. The van der Waals surface area contributed by atoms with Gasteiger partial charge in [0.15, 0.2) is 0 Å². The van der Waals surface area contributed by atoms with Crippen molar-refractivity contribution in [2.24, 2.45) is 0 Å². The first kappa shape index (κ1) is 22.6. The molecule has 2 N–H and O–H groups in total. The number of hydrogen-bond acceptors (Lipinski definition) is 5. The number of hydrogen-bond donors (Lipinski definition) is 1. The summed E-state index contributed by atoms with van der Waals surface area (Å²) in [6.45, 7) is 5.67. The molecule has 2 amide bonds. The van der Waals surface area contributed by atoms with Crippen molar-refractivity contribution in [3.63, 3.8) is 0 Å². The van der Waals surface area contributed by atoms with E-state index >= 15 is 0 Å². The minimum Gasteiger partial charge on any atom is -0.530 e. The van der Waals surface area contributed by atoms with E-state index in [1.807, 2.05) is 38.2 Å². The molecule has 2 aromatic rings. The van der Waals surface area contributed by atoms with Crippen LogP contribution in [0.3, 0.4) is 0 Å². The maximum absolute atomic E-state index is 12.6. The summed E-state index contributed by atoms with van der Waals surface area (Å²) >= 11 is 0. The van der Waals surface area contributed by atoms with Crippen LogP contribution in [0.2, 0.25) is 0 Å². The van der Waals surface area contributed by atoms with E-state index < -0.39 is 6.09 Å². The Morgan fingerprint density at radius 1 is 1.28 bits per heavy atom. The molecule has 3 rings (SSSR count). The van der Waals surface area contributed by atoms with Gasteiger partial charge in [0.25, 0.3) is 0 Å². The monoisotopic (exact) mass is 418 g/mol. The second kappa shape index (κ2) is 8.39. The molecule has 0 saturated heterocycles. The Morgan fingerprint density at radius 3 is 2.45 bits per heavy atom. The summed E-state index contributed by atoms with van der Waals surface area (Å²) in [5.74, 6) is 0.453. The topological polar surface area (TPSA) is 99.4 Å². The summed E-state index contributed by atoms with van der Waals surface area (Å²) in [6.07, 6.45) is 1.02. The lowest BCUT2D eigenvalue weighted by Gasteiger charge is -2.47. The van der Waals surface area contributed by atoms with E-state index in [0.29, 0.717) is 18.8 Å². The molecule has 0 radical (unpaired) electrons. The minimum atomic E-state index is -1.20. The first-order chi connectivity index (χ1) is 13.2. The molecular formula is C21H27ClN4O3. The number of aromatic nitrogens is 1. The second-order valence-electron chi connectivity index (χ2n) is 7.49. The number of anilines is 1. The number of fused-ring (bicyclic) bond motifs is 1. The number of carboxylic acid groups (broad SMARTS) is 1. The van der Waals surface area contributed by atoms with Gasteiger partial charge in [0.2, 0.25) is 0 Å². The molecule has 0 spiro atoms. The number of nitrogens with zero attached hydrogens (tertiary/aromatic N) is 3. The van der Waals surface area contributed by atoms with Crippen LogP contribution >= 0.6 is 12.4 Å². The van der Waals surface area contributed by atoms with Gasteiger partial charge in [-0.2, -0.15) is 0 Å². The largest absolute Gasteiger partial charge is 0.530 e. The van der Waals surface area contributed by atoms with E-state index in [2.05, 4.69) is 4.98 Å². The molecule has 2 heterocycles. The highest BCUT2D eigenvalue weighted by Crippen LogP contribution is 2.45. The van der Waals surface area contributed by atoms with E-state index in [-0.39, 0.29) is 34.9 Å². The predicted octanol–water partition coefficient (Wildman–Crippen LogP) is 2.73. The van der Waals surface area contributed by atoms with Gasteiger partial charge in [-0.05, 0) is 43.7 Å². The number of nitrogen functional groups attached to an aromatic ring is 1. The Hall–Kier alpha value is -2.64. The highest BCUT2D eigenvalue weighted by molar-refractivity contribution is 5.89. The first-order valence-corrected chi connectivity index (χ1v) is 9.41. The molecule has 3 atom stereocenters. The van der Waals surface area contributed by atoms with Crippen LogP contribution in [0, 0.1) is 0 Å². The van der Waals surface area contributed by atoms with Crippen LogP contribution < -0.4 is 15.3 Å². The summed E-state index contributed by atoms with van der Waals surface area (Å²) in [5.41, 5.74) is 9.11. The van der Waals surface area contributed by atoms with Gasteiger partial charge in [0.1, 0.15) is 17.6 Å². The van der Waals surface area contributed by atoms with Crippen molar-refractivity contribution >= 4 is 35.9 Å². The van der Waals surface area contributed by atoms with Gasteiger partial charge in [0, 0.05) is 36.4 Å².